The fraction of sp³-hybridized carbons (Fsp3) is 0.542. The van der Waals surface area contributed by atoms with Crippen LogP contribution < -0.4 is 0 Å². The van der Waals surface area contributed by atoms with E-state index in [1.807, 2.05) is 17.5 Å². The molecule has 6 nitrogen and oxygen atoms in total. The summed E-state index contributed by atoms with van der Waals surface area (Å²) in [6, 6.07) is 10.5. The molecule has 1 aromatic heterocycles. The average molecular weight is 477 g/mol. The highest BCUT2D eigenvalue weighted by atomic mass is 32.2. The molecule has 0 radical (unpaired) electrons. The van der Waals surface area contributed by atoms with E-state index in [4.69, 9.17) is 4.74 Å². The Morgan fingerprint density at radius 3 is 2.59 bits per heavy atom. The molecule has 8 heteroatoms. The van der Waals surface area contributed by atoms with Gasteiger partial charge < -0.3 is 9.64 Å². The monoisotopic (exact) mass is 476 g/mol. The first-order valence-corrected chi connectivity index (χ1v) is 13.8. The predicted octanol–water partition coefficient (Wildman–Crippen LogP) is 4.52. The first-order valence-electron chi connectivity index (χ1n) is 11.5. The Labute approximate surface area is 195 Å². The van der Waals surface area contributed by atoms with Crippen molar-refractivity contribution in [3.63, 3.8) is 0 Å². The summed E-state index contributed by atoms with van der Waals surface area (Å²) in [6.45, 7) is 1.73. The highest BCUT2D eigenvalue weighted by Gasteiger charge is 2.30. The molecular formula is C24H32N2O4S2. The van der Waals surface area contributed by atoms with Crippen LogP contribution in [0.3, 0.4) is 0 Å². The number of sulfonamides is 1. The smallest absolute Gasteiger partial charge is 0.254 e. The van der Waals surface area contributed by atoms with Crippen LogP contribution in [-0.4, -0.2) is 55.9 Å². The molecule has 2 heterocycles. The Balaban J connectivity index is 1.55. The first kappa shape index (κ1) is 23.4. The van der Waals surface area contributed by atoms with Crippen LogP contribution in [0.4, 0.5) is 0 Å². The average Bonchev–Trinajstić information content (AvgIpc) is 3.53. The van der Waals surface area contributed by atoms with Crippen LogP contribution in [0.25, 0.3) is 0 Å². The van der Waals surface area contributed by atoms with Gasteiger partial charge in [0.1, 0.15) is 0 Å². The van der Waals surface area contributed by atoms with Gasteiger partial charge in [-0.05, 0) is 55.3 Å². The fourth-order valence-electron chi connectivity index (χ4n) is 4.62. The summed E-state index contributed by atoms with van der Waals surface area (Å²) in [5.41, 5.74) is 0.401. The summed E-state index contributed by atoms with van der Waals surface area (Å²) in [4.78, 5) is 16.5. The van der Waals surface area contributed by atoms with Crippen LogP contribution in [0.2, 0.25) is 0 Å². The standard InChI is InChI=1S/C24H32N2O4S2/c1-25(20-9-3-2-4-10-20)32(28,29)23-13-5-8-19(16-23)24(27)26(17-21-11-6-14-30-21)18-22-12-7-15-31-22/h5,7-8,12-13,15-16,20-21H,2-4,6,9-11,14,17-18H2,1H3. The Hall–Kier alpha value is -1.74. The Bertz CT molecular complexity index is 995. The van der Waals surface area contributed by atoms with Gasteiger partial charge in [0.15, 0.2) is 0 Å². The number of nitrogens with zero attached hydrogens (tertiary/aromatic N) is 2. The van der Waals surface area contributed by atoms with E-state index < -0.39 is 10.0 Å². The zero-order valence-electron chi connectivity index (χ0n) is 18.6. The summed E-state index contributed by atoms with van der Waals surface area (Å²) in [6.07, 6.45) is 7.05. The van der Waals surface area contributed by atoms with E-state index in [-0.39, 0.29) is 22.9 Å². The Morgan fingerprint density at radius 2 is 1.91 bits per heavy atom. The zero-order valence-corrected chi connectivity index (χ0v) is 20.2. The number of thiophene rings is 1. The molecule has 2 aromatic rings. The number of benzene rings is 1. The number of hydrogen-bond acceptors (Lipinski definition) is 5. The molecule has 1 aliphatic heterocycles. The van der Waals surface area contributed by atoms with Crippen molar-refractivity contribution in [2.24, 2.45) is 0 Å². The lowest BCUT2D eigenvalue weighted by molar-refractivity contribution is 0.0509. The quantitative estimate of drug-likeness (QED) is 0.562. The van der Waals surface area contributed by atoms with Gasteiger partial charge >= 0.3 is 0 Å². The minimum atomic E-state index is -3.65. The predicted molar refractivity (Wildman–Crippen MR) is 126 cm³/mol. The van der Waals surface area contributed by atoms with Crippen molar-refractivity contribution < 1.29 is 17.9 Å². The molecule has 1 aromatic carbocycles. The Morgan fingerprint density at radius 1 is 1.09 bits per heavy atom. The van der Waals surface area contributed by atoms with Crippen molar-refractivity contribution in [3.05, 3.63) is 52.2 Å². The molecule has 1 saturated carbocycles. The van der Waals surface area contributed by atoms with Gasteiger partial charge in [-0.15, -0.1) is 11.3 Å². The maximum Gasteiger partial charge on any atom is 0.254 e. The topological polar surface area (TPSA) is 66.9 Å². The van der Waals surface area contributed by atoms with Gasteiger partial charge in [-0.1, -0.05) is 31.4 Å². The van der Waals surface area contributed by atoms with Crippen molar-refractivity contribution in [2.45, 2.75) is 68.5 Å². The van der Waals surface area contributed by atoms with Crippen LogP contribution in [0.5, 0.6) is 0 Å². The van der Waals surface area contributed by atoms with Gasteiger partial charge in [0, 0.05) is 36.7 Å². The SMILES string of the molecule is CN(C1CCCCC1)S(=O)(=O)c1cccc(C(=O)N(Cc2cccs2)CC2CCCO2)c1. The van der Waals surface area contributed by atoms with Crippen LogP contribution in [-0.2, 0) is 21.3 Å². The lowest BCUT2D eigenvalue weighted by Gasteiger charge is -2.30. The minimum absolute atomic E-state index is 0.0305. The number of amides is 1. The molecule has 1 saturated heterocycles. The number of ether oxygens (including phenoxy) is 1. The van der Waals surface area contributed by atoms with Gasteiger partial charge in [-0.25, -0.2) is 8.42 Å². The van der Waals surface area contributed by atoms with E-state index >= 15 is 0 Å². The molecule has 1 atom stereocenters. The van der Waals surface area contributed by atoms with E-state index in [2.05, 4.69) is 0 Å². The van der Waals surface area contributed by atoms with Crippen molar-refractivity contribution >= 4 is 27.3 Å². The number of carbonyl (C=O) groups is 1. The minimum Gasteiger partial charge on any atom is -0.376 e. The number of carbonyl (C=O) groups excluding carboxylic acids is 1. The third-order valence-corrected chi connectivity index (χ3v) is 9.28. The zero-order chi connectivity index (χ0) is 22.6. The van der Waals surface area contributed by atoms with Crippen molar-refractivity contribution in [3.8, 4) is 0 Å². The van der Waals surface area contributed by atoms with Crippen molar-refractivity contribution in [1.82, 2.24) is 9.21 Å². The third-order valence-electron chi connectivity index (χ3n) is 6.51. The lowest BCUT2D eigenvalue weighted by Crippen LogP contribution is -2.38. The molecular weight excluding hydrogens is 444 g/mol. The molecule has 1 unspecified atom stereocenters. The van der Waals surface area contributed by atoms with Crippen molar-refractivity contribution in [2.75, 3.05) is 20.2 Å². The third kappa shape index (κ3) is 5.42. The fourth-order valence-corrected chi connectivity index (χ4v) is 6.81. The normalized spacial score (nSPS) is 20.0. The van der Waals surface area contributed by atoms with E-state index in [0.29, 0.717) is 18.7 Å². The highest BCUT2D eigenvalue weighted by molar-refractivity contribution is 7.89. The van der Waals surface area contributed by atoms with Gasteiger partial charge in [0.05, 0.1) is 17.5 Å². The van der Waals surface area contributed by atoms with Gasteiger partial charge in [-0.2, -0.15) is 4.31 Å². The van der Waals surface area contributed by atoms with Crippen LogP contribution >= 0.6 is 11.3 Å². The molecule has 0 spiro atoms. The van der Waals surface area contributed by atoms with Gasteiger partial charge in [-0.3, -0.25) is 4.79 Å². The maximum absolute atomic E-state index is 13.5. The largest absolute Gasteiger partial charge is 0.376 e. The summed E-state index contributed by atoms with van der Waals surface area (Å²) in [5, 5.41) is 2.00. The maximum atomic E-state index is 13.5. The molecule has 1 amide bonds. The number of hydrogen-bond donors (Lipinski definition) is 0. The molecule has 2 aliphatic rings. The van der Waals surface area contributed by atoms with Crippen molar-refractivity contribution in [1.29, 1.82) is 0 Å². The van der Waals surface area contributed by atoms with Crippen LogP contribution in [0, 0.1) is 0 Å². The molecule has 174 valence electrons. The second-order valence-electron chi connectivity index (χ2n) is 8.74. The summed E-state index contributed by atoms with van der Waals surface area (Å²) in [5.74, 6) is -0.161. The Kier molecular flexibility index (Phi) is 7.66. The van der Waals surface area contributed by atoms with Gasteiger partial charge in [0.2, 0.25) is 10.0 Å². The van der Waals surface area contributed by atoms with Crippen LogP contribution in [0.1, 0.15) is 60.2 Å². The van der Waals surface area contributed by atoms with E-state index in [1.165, 1.54) is 16.8 Å². The van der Waals surface area contributed by atoms with Gasteiger partial charge in [0.25, 0.3) is 5.91 Å². The molecule has 0 N–H and O–H groups in total. The molecule has 32 heavy (non-hydrogen) atoms. The van der Waals surface area contributed by atoms with E-state index in [1.54, 1.807) is 41.5 Å². The second-order valence-corrected chi connectivity index (χ2v) is 11.8. The summed E-state index contributed by atoms with van der Waals surface area (Å²) < 4.78 is 33.9. The second kappa shape index (κ2) is 10.5. The molecule has 4 rings (SSSR count). The van der Waals surface area contributed by atoms with Crippen LogP contribution in [0.15, 0.2) is 46.7 Å². The molecule has 0 bridgehead atoms. The van der Waals surface area contributed by atoms with E-state index in [0.717, 1.165) is 50.0 Å². The lowest BCUT2D eigenvalue weighted by atomic mass is 9.96. The summed E-state index contributed by atoms with van der Waals surface area (Å²) in [7, 11) is -1.99. The first-order chi connectivity index (χ1) is 15.4. The molecule has 1 aliphatic carbocycles. The molecule has 2 fully saturated rings. The number of rotatable bonds is 8. The highest BCUT2D eigenvalue weighted by Crippen LogP contribution is 2.27. The van der Waals surface area contributed by atoms with E-state index in [9.17, 15) is 13.2 Å². The summed E-state index contributed by atoms with van der Waals surface area (Å²) >= 11 is 1.61.